The van der Waals surface area contributed by atoms with E-state index in [1.54, 1.807) is 0 Å². The Kier molecular flexibility index (Phi) is 2.88. The van der Waals surface area contributed by atoms with E-state index in [9.17, 15) is 18.0 Å². The summed E-state index contributed by atoms with van der Waals surface area (Å²) in [5, 5.41) is 10.9. The van der Waals surface area contributed by atoms with Gasteiger partial charge in [0.1, 0.15) is 0 Å². The predicted octanol–water partition coefficient (Wildman–Crippen LogP) is 1.06. The third-order valence-electron chi connectivity index (χ3n) is 2.07. The van der Waals surface area contributed by atoms with Crippen molar-refractivity contribution in [3.8, 4) is 0 Å². The number of nitrogens with one attached hydrogen (secondary N) is 2. The molecule has 0 aliphatic heterocycles. The molecule has 0 aliphatic carbocycles. The second kappa shape index (κ2) is 4.35. The van der Waals surface area contributed by atoms with E-state index in [0.717, 1.165) is 6.07 Å². The Hall–Kier alpha value is -2.58. The minimum atomic E-state index is -1.68. The molecular formula is C9H6F3N5O. The molecular weight excluding hydrogens is 251 g/mol. The van der Waals surface area contributed by atoms with Gasteiger partial charge in [0.15, 0.2) is 29.0 Å². The number of hydrogen-bond donors (Lipinski definition) is 3. The monoisotopic (exact) mass is 257 g/mol. The summed E-state index contributed by atoms with van der Waals surface area (Å²) in [6.45, 7) is 0. The highest BCUT2D eigenvalue weighted by atomic mass is 19.2. The molecule has 18 heavy (non-hydrogen) atoms. The van der Waals surface area contributed by atoms with Crippen LogP contribution in [-0.4, -0.2) is 21.3 Å². The summed E-state index contributed by atoms with van der Waals surface area (Å²) in [5.74, 6) is -5.64. The normalized spacial score (nSPS) is 10.4. The molecule has 1 aromatic heterocycles. The third kappa shape index (κ3) is 1.97. The van der Waals surface area contributed by atoms with Crippen LogP contribution in [-0.2, 0) is 0 Å². The van der Waals surface area contributed by atoms with Crippen molar-refractivity contribution in [2.75, 3.05) is 11.1 Å². The SMILES string of the molecule is Nc1n[nH]nc1C(=O)Nc1ccc(F)c(F)c1F. The number of nitrogens with zero attached hydrogens (tertiary/aromatic N) is 2. The molecule has 1 aromatic carbocycles. The summed E-state index contributed by atoms with van der Waals surface area (Å²) >= 11 is 0. The maximum Gasteiger partial charge on any atom is 0.280 e. The number of hydrogen-bond acceptors (Lipinski definition) is 4. The van der Waals surface area contributed by atoms with Gasteiger partial charge in [-0.25, -0.2) is 13.2 Å². The minimum Gasteiger partial charge on any atom is -0.380 e. The second-order valence-corrected chi connectivity index (χ2v) is 3.23. The van der Waals surface area contributed by atoms with Crippen LogP contribution < -0.4 is 11.1 Å². The lowest BCUT2D eigenvalue weighted by Gasteiger charge is -2.05. The smallest absolute Gasteiger partial charge is 0.280 e. The zero-order chi connectivity index (χ0) is 13.3. The van der Waals surface area contributed by atoms with E-state index in [2.05, 4.69) is 15.4 Å². The van der Waals surface area contributed by atoms with E-state index in [4.69, 9.17) is 5.73 Å². The first kappa shape index (κ1) is 11.9. The van der Waals surface area contributed by atoms with Crippen LogP contribution >= 0.6 is 0 Å². The molecule has 4 N–H and O–H groups in total. The van der Waals surface area contributed by atoms with Crippen molar-refractivity contribution in [3.63, 3.8) is 0 Å². The summed E-state index contributed by atoms with van der Waals surface area (Å²) in [7, 11) is 0. The number of halogens is 3. The predicted molar refractivity (Wildman–Crippen MR) is 55.1 cm³/mol. The van der Waals surface area contributed by atoms with Crippen molar-refractivity contribution in [2.24, 2.45) is 0 Å². The maximum absolute atomic E-state index is 13.3. The van der Waals surface area contributed by atoms with Gasteiger partial charge in [-0.1, -0.05) is 0 Å². The Morgan fingerprint density at radius 1 is 1.22 bits per heavy atom. The fraction of sp³-hybridized carbons (Fsp3) is 0. The van der Waals surface area contributed by atoms with Crippen molar-refractivity contribution in [1.29, 1.82) is 0 Å². The first-order valence-electron chi connectivity index (χ1n) is 4.61. The summed E-state index contributed by atoms with van der Waals surface area (Å²) in [4.78, 5) is 11.5. The summed E-state index contributed by atoms with van der Waals surface area (Å²) in [5.41, 5.74) is 4.49. The Bertz CT molecular complexity index is 612. The van der Waals surface area contributed by atoms with Gasteiger partial charge in [0.05, 0.1) is 5.69 Å². The summed E-state index contributed by atoms with van der Waals surface area (Å²) in [6.07, 6.45) is 0. The van der Waals surface area contributed by atoms with E-state index in [1.807, 2.05) is 5.32 Å². The molecule has 0 fully saturated rings. The highest BCUT2D eigenvalue weighted by Gasteiger charge is 2.19. The van der Waals surface area contributed by atoms with E-state index in [-0.39, 0.29) is 11.5 Å². The number of H-pyrrole nitrogens is 1. The van der Waals surface area contributed by atoms with Crippen LogP contribution in [0.25, 0.3) is 0 Å². The molecule has 0 saturated carbocycles. The number of carbonyl (C=O) groups is 1. The maximum atomic E-state index is 13.3. The molecule has 94 valence electrons. The van der Waals surface area contributed by atoms with Crippen LogP contribution in [0.15, 0.2) is 12.1 Å². The topological polar surface area (TPSA) is 96.7 Å². The number of carbonyl (C=O) groups excluding carboxylic acids is 1. The molecule has 1 heterocycles. The van der Waals surface area contributed by atoms with Gasteiger partial charge in [-0.2, -0.15) is 5.21 Å². The lowest BCUT2D eigenvalue weighted by Crippen LogP contribution is -2.16. The Balaban J connectivity index is 2.28. The average molecular weight is 257 g/mol. The van der Waals surface area contributed by atoms with Gasteiger partial charge in [0.25, 0.3) is 5.91 Å². The Morgan fingerprint density at radius 2 is 1.94 bits per heavy atom. The fourth-order valence-corrected chi connectivity index (χ4v) is 1.21. The van der Waals surface area contributed by atoms with Crippen molar-refractivity contribution in [2.45, 2.75) is 0 Å². The number of rotatable bonds is 2. The molecule has 0 aliphatic rings. The van der Waals surface area contributed by atoms with Gasteiger partial charge >= 0.3 is 0 Å². The quantitative estimate of drug-likeness (QED) is 0.700. The number of amides is 1. The second-order valence-electron chi connectivity index (χ2n) is 3.23. The number of anilines is 2. The molecule has 0 atom stereocenters. The number of aromatic amines is 1. The minimum absolute atomic E-state index is 0.199. The molecule has 1 amide bonds. The number of aromatic nitrogens is 3. The number of nitrogen functional groups attached to an aromatic ring is 1. The van der Waals surface area contributed by atoms with Crippen molar-refractivity contribution >= 4 is 17.4 Å². The first-order valence-corrected chi connectivity index (χ1v) is 4.61. The fourth-order valence-electron chi connectivity index (χ4n) is 1.21. The van der Waals surface area contributed by atoms with Crippen LogP contribution in [0.2, 0.25) is 0 Å². The zero-order valence-corrected chi connectivity index (χ0v) is 8.67. The van der Waals surface area contributed by atoms with Crippen LogP contribution in [0, 0.1) is 17.5 Å². The Labute approximate surface area is 98.0 Å². The average Bonchev–Trinajstić information content (AvgIpc) is 2.76. The van der Waals surface area contributed by atoms with E-state index in [1.165, 1.54) is 0 Å². The molecule has 0 unspecified atom stereocenters. The van der Waals surface area contributed by atoms with Gasteiger partial charge in [-0.3, -0.25) is 4.79 Å². The van der Waals surface area contributed by atoms with E-state index < -0.39 is 29.0 Å². The van der Waals surface area contributed by atoms with Gasteiger partial charge in [-0.15, -0.1) is 10.2 Å². The van der Waals surface area contributed by atoms with E-state index >= 15 is 0 Å². The van der Waals surface area contributed by atoms with Gasteiger partial charge in [0.2, 0.25) is 0 Å². The molecule has 0 bridgehead atoms. The van der Waals surface area contributed by atoms with Gasteiger partial charge in [-0.05, 0) is 12.1 Å². The molecule has 0 spiro atoms. The van der Waals surface area contributed by atoms with Crippen molar-refractivity contribution in [3.05, 3.63) is 35.3 Å². The van der Waals surface area contributed by atoms with Crippen molar-refractivity contribution < 1.29 is 18.0 Å². The van der Waals surface area contributed by atoms with Crippen molar-refractivity contribution in [1.82, 2.24) is 15.4 Å². The third-order valence-corrected chi connectivity index (χ3v) is 2.07. The first-order chi connectivity index (χ1) is 8.50. The molecule has 9 heteroatoms. The highest BCUT2D eigenvalue weighted by molar-refractivity contribution is 6.05. The largest absolute Gasteiger partial charge is 0.380 e. The molecule has 2 aromatic rings. The van der Waals surface area contributed by atoms with Crippen LogP contribution in [0.5, 0.6) is 0 Å². The lowest BCUT2D eigenvalue weighted by molar-refractivity contribution is 0.102. The summed E-state index contributed by atoms with van der Waals surface area (Å²) in [6, 6.07) is 1.56. The van der Waals surface area contributed by atoms with Crippen LogP contribution in [0.1, 0.15) is 10.5 Å². The molecule has 2 rings (SSSR count). The van der Waals surface area contributed by atoms with Gasteiger partial charge < -0.3 is 11.1 Å². The van der Waals surface area contributed by atoms with Gasteiger partial charge in [0, 0.05) is 0 Å². The standard InChI is InChI=1S/C9H6F3N5O/c10-3-1-2-4(6(12)5(3)11)14-9(18)7-8(13)16-17-15-7/h1-2H,(H,14,18)(H3,13,15,16,17). The lowest BCUT2D eigenvalue weighted by atomic mass is 10.2. The Morgan fingerprint density at radius 3 is 2.56 bits per heavy atom. The van der Waals surface area contributed by atoms with Crippen LogP contribution in [0.3, 0.4) is 0 Å². The number of benzene rings is 1. The van der Waals surface area contributed by atoms with E-state index in [0.29, 0.717) is 6.07 Å². The zero-order valence-electron chi connectivity index (χ0n) is 8.67. The van der Waals surface area contributed by atoms with Crippen LogP contribution in [0.4, 0.5) is 24.7 Å². The molecule has 0 saturated heterocycles. The highest BCUT2D eigenvalue weighted by Crippen LogP contribution is 2.20. The molecule has 0 radical (unpaired) electrons. The summed E-state index contributed by atoms with van der Waals surface area (Å²) < 4.78 is 38.8. The number of nitrogens with two attached hydrogens (primary N) is 1. The molecule has 6 nitrogen and oxygen atoms in total.